The van der Waals surface area contributed by atoms with Gasteiger partial charge in [0.2, 0.25) is 5.91 Å². The van der Waals surface area contributed by atoms with E-state index in [0.717, 1.165) is 29.0 Å². The maximum absolute atomic E-state index is 12.4. The molecule has 3 rings (SSSR count). The van der Waals surface area contributed by atoms with Gasteiger partial charge in [0, 0.05) is 17.7 Å². The van der Waals surface area contributed by atoms with Crippen LogP contribution in [0.5, 0.6) is 5.75 Å². The number of benzene rings is 1. The summed E-state index contributed by atoms with van der Waals surface area (Å²) in [6, 6.07) is 11.8. The Morgan fingerprint density at radius 3 is 3.04 bits per heavy atom. The molecule has 1 N–H and O–H groups in total. The van der Waals surface area contributed by atoms with Crippen molar-refractivity contribution >= 4 is 17.7 Å². The molecule has 0 fully saturated rings. The van der Waals surface area contributed by atoms with Crippen LogP contribution >= 0.6 is 11.8 Å². The van der Waals surface area contributed by atoms with Gasteiger partial charge in [-0.05, 0) is 31.5 Å². The third-order valence-corrected chi connectivity index (χ3v) is 5.03. The van der Waals surface area contributed by atoms with Crippen LogP contribution in [0.1, 0.15) is 34.8 Å². The number of nitriles is 1. The molecule has 25 heavy (non-hydrogen) atoms. The van der Waals surface area contributed by atoms with Gasteiger partial charge in [-0.2, -0.15) is 5.26 Å². The van der Waals surface area contributed by atoms with Crippen molar-refractivity contribution in [2.45, 2.75) is 31.3 Å². The SMILES string of the molecule is Cc1cc(C)c(C#N)c(SCC(=O)N[C@@H]2CCOc3ccccc32)n1. The number of nitrogens with zero attached hydrogens (tertiary/aromatic N) is 2. The van der Waals surface area contributed by atoms with Gasteiger partial charge in [0.1, 0.15) is 16.8 Å². The van der Waals surface area contributed by atoms with Gasteiger partial charge >= 0.3 is 0 Å². The van der Waals surface area contributed by atoms with Crippen LogP contribution < -0.4 is 10.1 Å². The number of carbonyl (C=O) groups is 1. The Morgan fingerprint density at radius 2 is 2.24 bits per heavy atom. The standard InChI is InChI=1S/C19H19N3O2S/c1-12-9-13(2)21-19(15(12)10-20)25-11-18(23)22-16-7-8-24-17-6-4-3-5-14(16)17/h3-6,9,16H,7-8,11H2,1-2H3,(H,22,23)/t16-/m1/s1. The van der Waals surface area contributed by atoms with Crippen molar-refractivity contribution in [1.82, 2.24) is 10.3 Å². The third-order valence-electron chi connectivity index (χ3n) is 4.06. The topological polar surface area (TPSA) is 75.0 Å². The molecule has 1 aliphatic heterocycles. The first kappa shape index (κ1) is 17.3. The van der Waals surface area contributed by atoms with Gasteiger partial charge in [-0.3, -0.25) is 4.79 Å². The van der Waals surface area contributed by atoms with E-state index in [4.69, 9.17) is 4.74 Å². The number of aryl methyl sites for hydroxylation is 2. The summed E-state index contributed by atoms with van der Waals surface area (Å²) in [5.74, 6) is 0.982. The summed E-state index contributed by atoms with van der Waals surface area (Å²) < 4.78 is 5.62. The van der Waals surface area contributed by atoms with Crippen LogP contribution in [-0.2, 0) is 4.79 Å². The van der Waals surface area contributed by atoms with Crippen LogP contribution in [0.4, 0.5) is 0 Å². The van der Waals surface area contributed by atoms with E-state index >= 15 is 0 Å². The zero-order chi connectivity index (χ0) is 17.8. The van der Waals surface area contributed by atoms with Crippen molar-refractivity contribution in [3.63, 3.8) is 0 Å². The summed E-state index contributed by atoms with van der Waals surface area (Å²) in [6.07, 6.45) is 0.749. The quantitative estimate of drug-likeness (QED) is 0.854. The highest BCUT2D eigenvalue weighted by Gasteiger charge is 2.22. The minimum atomic E-state index is -0.0726. The Labute approximate surface area is 151 Å². The lowest BCUT2D eigenvalue weighted by atomic mass is 10.0. The third kappa shape index (κ3) is 3.94. The second kappa shape index (κ2) is 7.58. The Hall–Kier alpha value is -2.52. The summed E-state index contributed by atoms with van der Waals surface area (Å²) in [7, 11) is 0. The normalized spacial score (nSPS) is 15.6. The smallest absolute Gasteiger partial charge is 0.230 e. The molecule has 1 aromatic carbocycles. The molecule has 0 spiro atoms. The summed E-state index contributed by atoms with van der Waals surface area (Å²) in [6.45, 7) is 4.36. The average Bonchev–Trinajstić information content (AvgIpc) is 2.60. The lowest BCUT2D eigenvalue weighted by Crippen LogP contribution is -2.33. The van der Waals surface area contributed by atoms with Gasteiger partial charge in [-0.25, -0.2) is 4.98 Å². The number of carbonyl (C=O) groups excluding carboxylic acids is 1. The molecule has 0 radical (unpaired) electrons. The van der Waals surface area contributed by atoms with E-state index in [9.17, 15) is 10.1 Å². The number of thioether (sulfide) groups is 1. The highest BCUT2D eigenvalue weighted by molar-refractivity contribution is 8.00. The van der Waals surface area contributed by atoms with Crippen LogP contribution in [0.2, 0.25) is 0 Å². The summed E-state index contributed by atoms with van der Waals surface area (Å²) in [5, 5.41) is 13.0. The molecule has 6 heteroatoms. The average molecular weight is 353 g/mol. The Kier molecular flexibility index (Phi) is 5.25. The Morgan fingerprint density at radius 1 is 1.44 bits per heavy atom. The largest absolute Gasteiger partial charge is 0.493 e. The first-order valence-electron chi connectivity index (χ1n) is 8.10. The minimum absolute atomic E-state index is 0.0410. The number of pyridine rings is 1. The fourth-order valence-corrected chi connectivity index (χ4v) is 3.82. The number of nitrogens with one attached hydrogen (secondary N) is 1. The van der Waals surface area contributed by atoms with Gasteiger partial charge in [-0.15, -0.1) is 0 Å². The van der Waals surface area contributed by atoms with Crippen molar-refractivity contribution in [1.29, 1.82) is 5.26 Å². The highest BCUT2D eigenvalue weighted by Crippen LogP contribution is 2.31. The number of para-hydroxylation sites is 1. The zero-order valence-corrected chi connectivity index (χ0v) is 15.0. The second-order valence-corrected chi connectivity index (χ2v) is 6.92. The molecule has 2 heterocycles. The molecule has 5 nitrogen and oxygen atoms in total. The Balaban J connectivity index is 1.66. The fraction of sp³-hybridized carbons (Fsp3) is 0.316. The number of ether oxygens (including phenoxy) is 1. The molecular formula is C19H19N3O2S. The molecule has 1 aromatic heterocycles. The second-order valence-electron chi connectivity index (χ2n) is 5.96. The summed E-state index contributed by atoms with van der Waals surface area (Å²) >= 11 is 1.30. The molecule has 1 aliphatic rings. The molecule has 0 bridgehead atoms. The maximum atomic E-state index is 12.4. The predicted molar refractivity (Wildman–Crippen MR) is 96.6 cm³/mol. The molecule has 2 aromatic rings. The summed E-state index contributed by atoms with van der Waals surface area (Å²) in [5.41, 5.74) is 3.28. The number of fused-ring (bicyclic) bond motifs is 1. The first-order chi connectivity index (χ1) is 12.1. The van der Waals surface area contributed by atoms with Gasteiger partial charge < -0.3 is 10.1 Å². The summed E-state index contributed by atoms with van der Waals surface area (Å²) in [4.78, 5) is 16.8. The van der Waals surface area contributed by atoms with E-state index in [1.54, 1.807) is 0 Å². The minimum Gasteiger partial charge on any atom is -0.493 e. The van der Waals surface area contributed by atoms with E-state index in [0.29, 0.717) is 17.2 Å². The molecule has 0 saturated heterocycles. The molecule has 1 amide bonds. The van der Waals surface area contributed by atoms with Crippen LogP contribution in [0.15, 0.2) is 35.4 Å². The molecule has 0 unspecified atom stereocenters. The maximum Gasteiger partial charge on any atom is 0.230 e. The number of rotatable bonds is 4. The first-order valence-corrected chi connectivity index (χ1v) is 9.09. The van der Waals surface area contributed by atoms with Crippen LogP contribution in [-0.4, -0.2) is 23.3 Å². The molecule has 0 saturated carbocycles. The Bertz CT molecular complexity index is 845. The lowest BCUT2D eigenvalue weighted by molar-refractivity contribution is -0.119. The monoisotopic (exact) mass is 353 g/mol. The zero-order valence-electron chi connectivity index (χ0n) is 14.2. The van der Waals surface area contributed by atoms with Crippen molar-refractivity contribution in [3.8, 4) is 11.8 Å². The number of hydrogen-bond acceptors (Lipinski definition) is 5. The van der Waals surface area contributed by atoms with Gasteiger partial charge in [0.05, 0.1) is 24.0 Å². The van der Waals surface area contributed by atoms with Gasteiger partial charge in [0.25, 0.3) is 0 Å². The van der Waals surface area contributed by atoms with Crippen LogP contribution in [0.3, 0.4) is 0 Å². The van der Waals surface area contributed by atoms with Gasteiger partial charge in [-0.1, -0.05) is 30.0 Å². The van der Waals surface area contributed by atoms with E-state index < -0.39 is 0 Å². The van der Waals surface area contributed by atoms with Gasteiger partial charge in [0.15, 0.2) is 0 Å². The van der Waals surface area contributed by atoms with E-state index in [1.807, 2.05) is 44.2 Å². The number of aromatic nitrogens is 1. The van der Waals surface area contributed by atoms with Crippen LogP contribution in [0.25, 0.3) is 0 Å². The highest BCUT2D eigenvalue weighted by atomic mass is 32.2. The molecule has 1 atom stereocenters. The van der Waals surface area contributed by atoms with E-state index in [-0.39, 0.29) is 17.7 Å². The van der Waals surface area contributed by atoms with Crippen LogP contribution in [0, 0.1) is 25.2 Å². The van der Waals surface area contributed by atoms with Crippen molar-refractivity contribution in [2.75, 3.05) is 12.4 Å². The van der Waals surface area contributed by atoms with Crippen molar-refractivity contribution < 1.29 is 9.53 Å². The molecular weight excluding hydrogens is 334 g/mol. The number of amides is 1. The fourth-order valence-electron chi connectivity index (χ4n) is 2.90. The lowest BCUT2D eigenvalue weighted by Gasteiger charge is -2.26. The van der Waals surface area contributed by atoms with Crippen molar-refractivity contribution in [2.24, 2.45) is 0 Å². The number of hydrogen-bond donors (Lipinski definition) is 1. The van der Waals surface area contributed by atoms with E-state index in [2.05, 4.69) is 16.4 Å². The van der Waals surface area contributed by atoms with E-state index in [1.165, 1.54) is 11.8 Å². The molecule has 0 aliphatic carbocycles. The predicted octanol–water partition coefficient (Wildman–Crippen LogP) is 3.30. The molecule has 128 valence electrons. The van der Waals surface area contributed by atoms with Crippen molar-refractivity contribution in [3.05, 3.63) is 52.7 Å².